The van der Waals surface area contributed by atoms with Crippen LogP contribution in [0.4, 0.5) is 5.82 Å². The van der Waals surface area contributed by atoms with Crippen molar-refractivity contribution in [1.82, 2.24) is 20.1 Å². The van der Waals surface area contributed by atoms with Crippen LogP contribution in [0.1, 0.15) is 25.0 Å². The lowest BCUT2D eigenvalue weighted by molar-refractivity contribution is 0.237. The maximum absolute atomic E-state index is 5.91. The van der Waals surface area contributed by atoms with E-state index in [4.69, 9.17) is 11.6 Å². The number of benzene rings is 1. The molecule has 1 aliphatic heterocycles. The molecule has 0 aliphatic carbocycles. The first-order valence-corrected chi connectivity index (χ1v) is 8.53. The lowest BCUT2D eigenvalue weighted by Crippen LogP contribution is -2.33. The summed E-state index contributed by atoms with van der Waals surface area (Å²) in [6, 6.07) is 7.48. The highest BCUT2D eigenvalue weighted by molar-refractivity contribution is 6.30. The van der Waals surface area contributed by atoms with Crippen molar-refractivity contribution in [3.63, 3.8) is 0 Å². The molecule has 5 nitrogen and oxygen atoms in total. The van der Waals surface area contributed by atoms with E-state index in [1.807, 2.05) is 31.2 Å². The molecule has 0 amide bonds. The van der Waals surface area contributed by atoms with E-state index in [-0.39, 0.29) is 0 Å². The van der Waals surface area contributed by atoms with E-state index >= 15 is 0 Å². The van der Waals surface area contributed by atoms with Crippen LogP contribution in [0.3, 0.4) is 0 Å². The minimum Gasteiger partial charge on any atom is -0.366 e. The molecule has 2 heterocycles. The van der Waals surface area contributed by atoms with Crippen LogP contribution in [0.25, 0.3) is 11.4 Å². The summed E-state index contributed by atoms with van der Waals surface area (Å²) >= 11 is 5.91. The van der Waals surface area contributed by atoms with Gasteiger partial charge in [-0.25, -0.2) is 4.98 Å². The minimum absolute atomic E-state index is 0.626. The van der Waals surface area contributed by atoms with Crippen molar-refractivity contribution in [2.75, 3.05) is 31.5 Å². The largest absolute Gasteiger partial charge is 0.366 e. The summed E-state index contributed by atoms with van der Waals surface area (Å²) < 4.78 is 0. The zero-order valence-corrected chi connectivity index (χ0v) is 14.2. The van der Waals surface area contributed by atoms with Crippen LogP contribution >= 0.6 is 11.6 Å². The van der Waals surface area contributed by atoms with Gasteiger partial charge < -0.3 is 10.2 Å². The number of hydrogen-bond acceptors (Lipinski definition) is 5. The van der Waals surface area contributed by atoms with Crippen molar-refractivity contribution < 1.29 is 0 Å². The van der Waals surface area contributed by atoms with Crippen LogP contribution in [0.15, 0.2) is 24.3 Å². The molecular formula is C17H22ClN5. The standard InChI is InChI=1S/C17H22ClN5/c1-13-16(19-9-12-23-10-3-2-4-11-23)21-22-17(20-13)14-5-7-15(18)8-6-14/h5-8H,2-4,9-12H2,1H3,(H,19,21). The van der Waals surface area contributed by atoms with Crippen molar-refractivity contribution in [3.05, 3.63) is 35.0 Å². The number of halogens is 1. The van der Waals surface area contributed by atoms with Crippen LogP contribution < -0.4 is 5.32 Å². The predicted molar refractivity (Wildman–Crippen MR) is 93.8 cm³/mol. The van der Waals surface area contributed by atoms with E-state index < -0.39 is 0 Å². The first-order valence-electron chi connectivity index (χ1n) is 8.16. The van der Waals surface area contributed by atoms with Crippen molar-refractivity contribution >= 4 is 17.4 Å². The number of aryl methyl sites for hydroxylation is 1. The minimum atomic E-state index is 0.626. The number of rotatable bonds is 5. The number of likely N-dealkylation sites (tertiary alicyclic amines) is 1. The molecule has 1 saturated heterocycles. The van der Waals surface area contributed by atoms with Gasteiger partial charge in [-0.15, -0.1) is 10.2 Å². The van der Waals surface area contributed by atoms with Crippen molar-refractivity contribution in [2.45, 2.75) is 26.2 Å². The molecule has 0 radical (unpaired) electrons. The Bertz CT molecular complexity index is 638. The van der Waals surface area contributed by atoms with Gasteiger partial charge in [-0.05, 0) is 57.1 Å². The molecule has 23 heavy (non-hydrogen) atoms. The van der Waals surface area contributed by atoms with E-state index in [2.05, 4.69) is 25.4 Å². The summed E-state index contributed by atoms with van der Waals surface area (Å²) in [5.41, 5.74) is 1.79. The summed E-state index contributed by atoms with van der Waals surface area (Å²) in [7, 11) is 0. The quantitative estimate of drug-likeness (QED) is 0.910. The van der Waals surface area contributed by atoms with Crippen LogP contribution in [0.2, 0.25) is 5.02 Å². The van der Waals surface area contributed by atoms with Gasteiger partial charge in [-0.2, -0.15) is 0 Å². The summed E-state index contributed by atoms with van der Waals surface area (Å²) in [6.07, 6.45) is 4.00. The Morgan fingerprint density at radius 3 is 2.52 bits per heavy atom. The number of piperidine rings is 1. The highest BCUT2D eigenvalue weighted by Crippen LogP contribution is 2.19. The third-order valence-electron chi connectivity index (χ3n) is 4.13. The summed E-state index contributed by atoms with van der Waals surface area (Å²) in [4.78, 5) is 7.04. The summed E-state index contributed by atoms with van der Waals surface area (Å²) in [5, 5.41) is 12.6. The molecule has 2 aromatic rings. The van der Waals surface area contributed by atoms with Gasteiger partial charge in [0, 0.05) is 23.7 Å². The molecule has 1 aromatic carbocycles. The Morgan fingerprint density at radius 1 is 1.09 bits per heavy atom. The Labute approximate surface area is 142 Å². The van der Waals surface area contributed by atoms with Crippen molar-refractivity contribution in [2.24, 2.45) is 0 Å². The van der Waals surface area contributed by atoms with Gasteiger partial charge >= 0.3 is 0 Å². The molecule has 1 fully saturated rings. The summed E-state index contributed by atoms with van der Waals surface area (Å²) in [5.74, 6) is 1.39. The highest BCUT2D eigenvalue weighted by atomic mass is 35.5. The topological polar surface area (TPSA) is 53.9 Å². The van der Waals surface area contributed by atoms with E-state index in [1.165, 1.54) is 32.4 Å². The second kappa shape index (κ2) is 7.70. The Hall–Kier alpha value is -1.72. The Kier molecular flexibility index (Phi) is 5.41. The van der Waals surface area contributed by atoms with Crippen molar-refractivity contribution in [3.8, 4) is 11.4 Å². The van der Waals surface area contributed by atoms with E-state index in [0.29, 0.717) is 10.8 Å². The zero-order chi connectivity index (χ0) is 16.1. The van der Waals surface area contributed by atoms with Gasteiger partial charge in [0.25, 0.3) is 0 Å². The van der Waals surface area contributed by atoms with E-state index in [9.17, 15) is 0 Å². The summed E-state index contributed by atoms with van der Waals surface area (Å²) in [6.45, 7) is 6.29. The van der Waals surface area contributed by atoms with Gasteiger partial charge in [-0.3, -0.25) is 0 Å². The zero-order valence-electron chi connectivity index (χ0n) is 13.4. The predicted octanol–water partition coefficient (Wildman–Crippen LogP) is 3.40. The first kappa shape index (κ1) is 16.1. The molecule has 0 unspecified atom stereocenters. The fourth-order valence-electron chi connectivity index (χ4n) is 2.80. The number of hydrogen-bond donors (Lipinski definition) is 1. The lowest BCUT2D eigenvalue weighted by Gasteiger charge is -2.26. The molecule has 1 N–H and O–H groups in total. The molecule has 0 bridgehead atoms. The SMILES string of the molecule is Cc1nc(-c2ccc(Cl)cc2)nnc1NCCN1CCCCC1. The van der Waals surface area contributed by atoms with Crippen molar-refractivity contribution in [1.29, 1.82) is 0 Å². The van der Waals surface area contributed by atoms with Gasteiger partial charge in [0.1, 0.15) is 0 Å². The second-order valence-electron chi connectivity index (χ2n) is 5.91. The molecule has 6 heteroatoms. The maximum atomic E-state index is 5.91. The van der Waals surface area contributed by atoms with Crippen LogP contribution in [-0.2, 0) is 0 Å². The number of nitrogens with one attached hydrogen (secondary N) is 1. The Morgan fingerprint density at radius 2 is 1.83 bits per heavy atom. The van der Waals surface area contributed by atoms with Gasteiger partial charge in [0.2, 0.25) is 0 Å². The normalized spacial score (nSPS) is 15.6. The van der Waals surface area contributed by atoms with Gasteiger partial charge in [0.05, 0.1) is 5.69 Å². The van der Waals surface area contributed by atoms with E-state index in [1.54, 1.807) is 0 Å². The maximum Gasteiger partial charge on any atom is 0.182 e. The molecule has 0 spiro atoms. The van der Waals surface area contributed by atoms with Gasteiger partial charge in [-0.1, -0.05) is 18.0 Å². The molecule has 0 saturated carbocycles. The number of nitrogens with zero attached hydrogens (tertiary/aromatic N) is 4. The monoisotopic (exact) mass is 331 g/mol. The fraction of sp³-hybridized carbons (Fsp3) is 0.471. The van der Waals surface area contributed by atoms with Crippen LogP contribution in [0, 0.1) is 6.92 Å². The average Bonchev–Trinajstić information content (AvgIpc) is 2.58. The fourth-order valence-corrected chi connectivity index (χ4v) is 2.93. The molecule has 0 atom stereocenters. The molecular weight excluding hydrogens is 310 g/mol. The molecule has 1 aliphatic rings. The molecule has 3 rings (SSSR count). The Balaban J connectivity index is 1.59. The number of anilines is 1. The third kappa shape index (κ3) is 4.39. The third-order valence-corrected chi connectivity index (χ3v) is 4.38. The van der Waals surface area contributed by atoms with Gasteiger partial charge in [0.15, 0.2) is 11.6 Å². The average molecular weight is 332 g/mol. The first-order chi connectivity index (χ1) is 11.2. The number of aromatic nitrogens is 3. The van der Waals surface area contributed by atoms with Crippen LogP contribution in [-0.4, -0.2) is 46.3 Å². The van der Waals surface area contributed by atoms with E-state index in [0.717, 1.165) is 30.2 Å². The highest BCUT2D eigenvalue weighted by Gasteiger charge is 2.11. The second-order valence-corrected chi connectivity index (χ2v) is 6.34. The lowest BCUT2D eigenvalue weighted by atomic mass is 10.1. The smallest absolute Gasteiger partial charge is 0.182 e. The molecule has 1 aromatic heterocycles. The molecule has 122 valence electrons. The van der Waals surface area contributed by atoms with Crippen LogP contribution in [0.5, 0.6) is 0 Å².